The topological polar surface area (TPSA) is 86.3 Å². The number of aryl methyl sites for hydroxylation is 2. The number of likely N-dealkylation sites (tertiary alicyclic amines) is 1. The number of benzene rings is 1. The van der Waals surface area contributed by atoms with Gasteiger partial charge in [0.1, 0.15) is 0 Å². The van der Waals surface area contributed by atoms with Crippen LogP contribution in [0.1, 0.15) is 30.7 Å². The highest BCUT2D eigenvalue weighted by Gasteiger charge is 2.23. The van der Waals surface area contributed by atoms with Crippen LogP contribution in [0.3, 0.4) is 0 Å². The summed E-state index contributed by atoms with van der Waals surface area (Å²) < 4.78 is 13.1. The van der Waals surface area contributed by atoms with Crippen LogP contribution in [0.25, 0.3) is 11.5 Å². The molecule has 1 saturated heterocycles. The van der Waals surface area contributed by atoms with Crippen molar-refractivity contribution in [2.24, 2.45) is 0 Å². The van der Waals surface area contributed by atoms with Crippen LogP contribution in [0.2, 0.25) is 0 Å². The minimum absolute atomic E-state index is 0.170. The van der Waals surface area contributed by atoms with E-state index in [-0.39, 0.29) is 12.0 Å². The highest BCUT2D eigenvalue weighted by Crippen LogP contribution is 2.18. The van der Waals surface area contributed by atoms with Crippen LogP contribution in [0.4, 0.5) is 0 Å². The molecule has 1 aromatic carbocycles. The van der Waals surface area contributed by atoms with Gasteiger partial charge in [-0.05, 0) is 37.5 Å². The van der Waals surface area contributed by atoms with Gasteiger partial charge in [-0.25, -0.2) is 0 Å². The van der Waals surface area contributed by atoms with Crippen molar-refractivity contribution in [2.45, 2.75) is 45.3 Å². The number of carbonyl (C=O) groups excluding carboxylic acids is 1. The average molecular weight is 409 g/mol. The van der Waals surface area contributed by atoms with E-state index in [0.717, 1.165) is 37.1 Å². The van der Waals surface area contributed by atoms with Gasteiger partial charge in [0.2, 0.25) is 5.91 Å². The number of piperidine rings is 1. The molecule has 1 aliphatic heterocycles. The number of aromatic nitrogens is 4. The Bertz CT molecular complexity index is 945. The summed E-state index contributed by atoms with van der Waals surface area (Å²) in [4.78, 5) is 18.8. The van der Waals surface area contributed by atoms with Crippen molar-refractivity contribution in [1.29, 1.82) is 0 Å². The summed E-state index contributed by atoms with van der Waals surface area (Å²) >= 11 is 0. The lowest BCUT2D eigenvalue weighted by Gasteiger charge is -2.32. The Morgan fingerprint density at radius 3 is 2.77 bits per heavy atom. The van der Waals surface area contributed by atoms with E-state index in [1.165, 1.54) is 0 Å². The van der Waals surface area contributed by atoms with E-state index >= 15 is 0 Å². The van der Waals surface area contributed by atoms with E-state index in [1.54, 1.807) is 0 Å². The molecule has 158 valence electrons. The molecule has 8 heteroatoms. The van der Waals surface area contributed by atoms with Crippen molar-refractivity contribution in [2.75, 3.05) is 19.7 Å². The fourth-order valence-corrected chi connectivity index (χ4v) is 3.60. The Balaban J connectivity index is 1.15. The van der Waals surface area contributed by atoms with Crippen molar-refractivity contribution in [3.8, 4) is 11.5 Å². The van der Waals surface area contributed by atoms with Crippen LogP contribution in [-0.4, -0.2) is 56.5 Å². The van der Waals surface area contributed by atoms with Gasteiger partial charge < -0.3 is 14.2 Å². The Hall–Kier alpha value is -3.00. The van der Waals surface area contributed by atoms with Crippen LogP contribution < -0.4 is 0 Å². The lowest BCUT2D eigenvalue weighted by atomic mass is 10.1. The first-order valence-corrected chi connectivity index (χ1v) is 10.4. The lowest BCUT2D eigenvalue weighted by molar-refractivity contribution is -0.134. The fraction of sp³-hybridized carbons (Fsp3) is 0.455. The van der Waals surface area contributed by atoms with Gasteiger partial charge in [-0.2, -0.15) is 10.1 Å². The van der Waals surface area contributed by atoms with Crippen molar-refractivity contribution in [3.63, 3.8) is 0 Å². The van der Waals surface area contributed by atoms with Crippen molar-refractivity contribution in [1.82, 2.24) is 24.8 Å². The number of amides is 1. The first-order valence-electron chi connectivity index (χ1n) is 10.4. The van der Waals surface area contributed by atoms with Crippen LogP contribution >= 0.6 is 0 Å². The van der Waals surface area contributed by atoms with E-state index in [2.05, 4.69) is 15.2 Å². The molecular weight excluding hydrogens is 382 g/mol. The molecule has 1 aliphatic rings. The van der Waals surface area contributed by atoms with Crippen molar-refractivity contribution < 1.29 is 14.1 Å². The summed E-state index contributed by atoms with van der Waals surface area (Å²) in [6.07, 6.45) is 6.74. The largest absolute Gasteiger partial charge is 0.378 e. The van der Waals surface area contributed by atoms with Crippen LogP contribution in [0, 0.1) is 6.92 Å². The third kappa shape index (κ3) is 5.33. The lowest BCUT2D eigenvalue weighted by Crippen LogP contribution is -2.41. The zero-order valence-corrected chi connectivity index (χ0v) is 17.2. The monoisotopic (exact) mass is 409 g/mol. The molecule has 0 atom stereocenters. The smallest absolute Gasteiger partial charge is 0.257 e. The summed E-state index contributed by atoms with van der Waals surface area (Å²) in [7, 11) is 0. The molecule has 0 N–H and O–H groups in total. The number of hydrogen-bond donors (Lipinski definition) is 0. The first-order chi connectivity index (χ1) is 14.7. The third-order valence-electron chi connectivity index (χ3n) is 5.28. The minimum atomic E-state index is 0.170. The summed E-state index contributed by atoms with van der Waals surface area (Å²) in [6, 6.07) is 9.72. The van der Waals surface area contributed by atoms with Gasteiger partial charge in [0.15, 0.2) is 5.82 Å². The molecular formula is C22H27N5O3. The molecule has 1 amide bonds. The second kappa shape index (κ2) is 9.67. The number of nitrogens with zero attached hydrogens (tertiary/aromatic N) is 5. The zero-order valence-electron chi connectivity index (χ0n) is 17.2. The SMILES string of the molecule is Cc1cnn(CCC(=O)N2CCC(OCCc3noc(-c4ccccc4)n3)CC2)c1. The second-order valence-corrected chi connectivity index (χ2v) is 7.61. The number of ether oxygens (including phenoxy) is 1. The maximum atomic E-state index is 12.4. The van der Waals surface area contributed by atoms with Crippen LogP contribution in [0.5, 0.6) is 0 Å². The zero-order chi connectivity index (χ0) is 20.8. The van der Waals surface area contributed by atoms with Gasteiger partial charge in [-0.1, -0.05) is 23.4 Å². The Morgan fingerprint density at radius 2 is 2.03 bits per heavy atom. The molecule has 0 unspecified atom stereocenters. The first kappa shape index (κ1) is 20.3. The van der Waals surface area contributed by atoms with Gasteiger partial charge in [0.05, 0.1) is 18.9 Å². The Kier molecular flexibility index (Phi) is 6.53. The quantitative estimate of drug-likeness (QED) is 0.569. The van der Waals surface area contributed by atoms with Gasteiger partial charge in [0, 0.05) is 44.2 Å². The van der Waals surface area contributed by atoms with E-state index in [1.807, 2.05) is 59.2 Å². The molecule has 4 rings (SSSR count). The van der Waals surface area contributed by atoms with Crippen molar-refractivity contribution >= 4 is 5.91 Å². The second-order valence-electron chi connectivity index (χ2n) is 7.61. The summed E-state index contributed by atoms with van der Waals surface area (Å²) in [5.74, 6) is 1.36. The Labute approximate surface area is 175 Å². The molecule has 0 spiro atoms. The fourth-order valence-electron chi connectivity index (χ4n) is 3.60. The van der Waals surface area contributed by atoms with E-state index in [0.29, 0.717) is 37.7 Å². The van der Waals surface area contributed by atoms with E-state index < -0.39 is 0 Å². The molecule has 0 saturated carbocycles. The number of rotatable bonds is 8. The normalized spacial score (nSPS) is 14.9. The molecule has 0 bridgehead atoms. The summed E-state index contributed by atoms with van der Waals surface area (Å²) in [6.45, 7) is 4.64. The maximum absolute atomic E-state index is 12.4. The van der Waals surface area contributed by atoms with Gasteiger partial charge in [-0.3, -0.25) is 9.48 Å². The predicted molar refractivity (Wildman–Crippen MR) is 111 cm³/mol. The molecule has 0 aliphatic carbocycles. The summed E-state index contributed by atoms with van der Waals surface area (Å²) in [5, 5.41) is 8.26. The molecule has 30 heavy (non-hydrogen) atoms. The van der Waals surface area contributed by atoms with Gasteiger partial charge >= 0.3 is 0 Å². The Morgan fingerprint density at radius 1 is 1.23 bits per heavy atom. The maximum Gasteiger partial charge on any atom is 0.257 e. The van der Waals surface area contributed by atoms with E-state index in [4.69, 9.17) is 9.26 Å². The average Bonchev–Trinajstić information content (AvgIpc) is 3.42. The number of carbonyl (C=O) groups is 1. The van der Waals surface area contributed by atoms with Crippen LogP contribution in [-0.2, 0) is 22.5 Å². The molecule has 3 aromatic rings. The standard InChI is InChI=1S/C22H27N5O3/c1-17-15-23-27(16-17)13-9-21(28)26-11-7-19(8-12-26)29-14-10-20-24-22(30-25-20)18-5-3-2-4-6-18/h2-6,15-16,19H,7-14H2,1H3. The molecule has 1 fully saturated rings. The van der Waals surface area contributed by atoms with E-state index in [9.17, 15) is 4.79 Å². The van der Waals surface area contributed by atoms with Gasteiger partial charge in [0.25, 0.3) is 5.89 Å². The van der Waals surface area contributed by atoms with Crippen molar-refractivity contribution in [3.05, 3.63) is 54.1 Å². The highest BCUT2D eigenvalue weighted by molar-refractivity contribution is 5.76. The molecule has 3 heterocycles. The predicted octanol–water partition coefficient (Wildman–Crippen LogP) is 2.88. The summed E-state index contributed by atoms with van der Waals surface area (Å²) in [5.41, 5.74) is 2.02. The number of hydrogen-bond acceptors (Lipinski definition) is 6. The van der Waals surface area contributed by atoms with Gasteiger partial charge in [-0.15, -0.1) is 0 Å². The van der Waals surface area contributed by atoms with Crippen LogP contribution in [0.15, 0.2) is 47.2 Å². The molecule has 8 nitrogen and oxygen atoms in total. The molecule has 2 aromatic heterocycles. The highest BCUT2D eigenvalue weighted by atomic mass is 16.5. The molecule has 0 radical (unpaired) electrons. The minimum Gasteiger partial charge on any atom is -0.378 e. The third-order valence-corrected chi connectivity index (χ3v) is 5.28.